The Balaban J connectivity index is 0.000000561. The molecule has 1 saturated carbocycles. The summed E-state index contributed by atoms with van der Waals surface area (Å²) < 4.78 is 39.8. The minimum atomic E-state index is -4.75. The molecule has 1 aromatic carbocycles. The van der Waals surface area contributed by atoms with Crippen LogP contribution in [0.4, 0.5) is 30.2 Å². The molecule has 1 aromatic heterocycles. The van der Waals surface area contributed by atoms with Crippen LogP contribution in [0.3, 0.4) is 0 Å². The van der Waals surface area contributed by atoms with E-state index in [9.17, 15) is 32.3 Å². The topological polar surface area (TPSA) is 171 Å². The van der Waals surface area contributed by atoms with Crippen molar-refractivity contribution in [1.29, 1.82) is 5.26 Å². The standard InChI is InChI=1S/C21H30N4O4.C18H19F3N4OS.C2H6.3H2/c1-14-11-15(8-10-26)7-9-25(14)13-20(28)23-17-4-2-3-16(12-17)22-18-5-6-19(27)24-21(18)29;1-17(2)15(26)24(16(27)25(17)11-6-4-3-5-7-11)12-8-13(18(19,20)21)14(9-22)23-10-12;1-2;;;/h2-4,12,14-15,18,22,26H,5-11,13H2,1H3,(H,23,28)(H,24,27,29);8,10-11H,3-7H2,1-2H3;1-2H3;3*1H/t14-,15-,18?;;;;;/m1...../s1. The number of nitrogens with one attached hydrogen (secondary N) is 3. The summed E-state index contributed by atoms with van der Waals surface area (Å²) in [6, 6.07) is 9.39. The van der Waals surface area contributed by atoms with Crippen molar-refractivity contribution in [2.24, 2.45) is 5.92 Å². The SMILES string of the molecule is CC.CC1(C)C(=O)N(c2cnc(C#N)c(C(F)(F)F)c2)C(=S)N1C1CCCCC1.C[C@@H]1C[C@@H](CCO)CCN1CC(=O)Nc1cccc(NC2CCC(=O)NC2=O)c1.[HH].[HH].[HH]. The summed E-state index contributed by atoms with van der Waals surface area (Å²) in [6.45, 7) is 11.0. The second-order valence-electron chi connectivity index (χ2n) is 15.3. The largest absolute Gasteiger partial charge is 0.419 e. The van der Waals surface area contributed by atoms with Gasteiger partial charge in [-0.3, -0.25) is 34.3 Å². The highest BCUT2D eigenvalue weighted by Crippen LogP contribution is 2.40. The second kappa shape index (κ2) is 20.3. The number of rotatable bonds is 9. The number of likely N-dealkylation sites (tertiary alicyclic amines) is 1. The summed E-state index contributed by atoms with van der Waals surface area (Å²) in [4.78, 5) is 57.5. The van der Waals surface area contributed by atoms with Crippen molar-refractivity contribution in [3.8, 4) is 6.07 Å². The number of nitrogens with zero attached hydrogens (tertiary/aromatic N) is 5. The Labute approximate surface area is 348 Å². The summed E-state index contributed by atoms with van der Waals surface area (Å²) in [5.41, 5.74) is -1.54. The van der Waals surface area contributed by atoms with Gasteiger partial charge >= 0.3 is 6.18 Å². The first-order chi connectivity index (χ1) is 27.5. The lowest BCUT2D eigenvalue weighted by atomic mass is 9.89. The number of amides is 4. The number of imide groups is 1. The van der Waals surface area contributed by atoms with Crippen LogP contribution in [-0.4, -0.2) is 92.0 Å². The fraction of sp³-hybridized carbons (Fsp3) is 0.585. The molecule has 0 spiro atoms. The second-order valence-corrected chi connectivity index (χ2v) is 15.7. The van der Waals surface area contributed by atoms with Crippen LogP contribution in [0.25, 0.3) is 0 Å². The van der Waals surface area contributed by atoms with Gasteiger partial charge in [0.25, 0.3) is 5.91 Å². The molecule has 3 aliphatic heterocycles. The van der Waals surface area contributed by atoms with E-state index in [-0.39, 0.29) is 45.4 Å². The highest BCUT2D eigenvalue weighted by molar-refractivity contribution is 7.80. The van der Waals surface area contributed by atoms with Gasteiger partial charge in [0, 0.05) is 40.8 Å². The van der Waals surface area contributed by atoms with E-state index in [4.69, 9.17) is 22.6 Å². The van der Waals surface area contributed by atoms with E-state index in [0.717, 1.165) is 80.8 Å². The molecule has 58 heavy (non-hydrogen) atoms. The fourth-order valence-electron chi connectivity index (χ4n) is 7.97. The summed E-state index contributed by atoms with van der Waals surface area (Å²) in [6.07, 6.45) is 4.92. The van der Waals surface area contributed by atoms with Crippen molar-refractivity contribution in [3.63, 3.8) is 0 Å². The van der Waals surface area contributed by atoms with E-state index in [2.05, 4.69) is 32.8 Å². The number of aromatic nitrogens is 1. The van der Waals surface area contributed by atoms with Gasteiger partial charge in [0.05, 0.1) is 24.0 Å². The van der Waals surface area contributed by atoms with Gasteiger partial charge in [-0.15, -0.1) is 0 Å². The zero-order chi connectivity index (χ0) is 42.8. The van der Waals surface area contributed by atoms with Gasteiger partial charge in [0.2, 0.25) is 17.7 Å². The molecule has 13 nitrogen and oxygen atoms in total. The molecule has 3 saturated heterocycles. The lowest BCUT2D eigenvalue weighted by molar-refractivity contribution is -0.138. The maximum absolute atomic E-state index is 13.3. The molecule has 1 aliphatic carbocycles. The van der Waals surface area contributed by atoms with Crippen molar-refractivity contribution in [3.05, 3.63) is 47.8 Å². The maximum Gasteiger partial charge on any atom is 0.419 e. The predicted molar refractivity (Wildman–Crippen MR) is 225 cm³/mol. The van der Waals surface area contributed by atoms with Crippen LogP contribution in [0.1, 0.15) is 114 Å². The van der Waals surface area contributed by atoms with Crippen LogP contribution in [-0.2, 0) is 25.4 Å². The monoisotopic (exact) mass is 834 g/mol. The average Bonchev–Trinajstić information content (AvgIpc) is 3.36. The number of thiocarbonyl (C=S) groups is 1. The molecule has 4 heterocycles. The van der Waals surface area contributed by atoms with Crippen molar-refractivity contribution in [1.82, 2.24) is 20.1 Å². The Morgan fingerprint density at radius 3 is 2.41 bits per heavy atom. The first-order valence-electron chi connectivity index (χ1n) is 20.0. The van der Waals surface area contributed by atoms with Crippen molar-refractivity contribution >= 4 is 58.0 Å². The van der Waals surface area contributed by atoms with Crippen LogP contribution in [0.2, 0.25) is 0 Å². The highest BCUT2D eigenvalue weighted by atomic mass is 32.1. The van der Waals surface area contributed by atoms with E-state index in [0.29, 0.717) is 37.0 Å². The highest BCUT2D eigenvalue weighted by Gasteiger charge is 2.52. The number of piperidine rings is 2. The molecule has 4 aliphatic rings. The number of hydrogen-bond acceptors (Lipinski definition) is 10. The molecule has 6 rings (SSSR count). The lowest BCUT2D eigenvalue weighted by Crippen LogP contribution is -2.50. The average molecular weight is 835 g/mol. The quantitative estimate of drug-likeness (QED) is 0.150. The number of alkyl halides is 3. The predicted octanol–water partition coefficient (Wildman–Crippen LogP) is 7.11. The smallest absolute Gasteiger partial charge is 0.396 e. The first-order valence-corrected chi connectivity index (χ1v) is 20.4. The molecule has 17 heteroatoms. The van der Waals surface area contributed by atoms with Gasteiger partial charge in [-0.2, -0.15) is 18.4 Å². The molecular formula is C41H61F3N8O5S. The Morgan fingerprint density at radius 1 is 1.10 bits per heavy atom. The van der Waals surface area contributed by atoms with Crippen molar-refractivity contribution in [2.75, 3.05) is 35.2 Å². The van der Waals surface area contributed by atoms with E-state index in [1.54, 1.807) is 19.9 Å². The van der Waals surface area contributed by atoms with E-state index >= 15 is 0 Å². The van der Waals surface area contributed by atoms with Crippen molar-refractivity contribution in [2.45, 2.75) is 129 Å². The third kappa shape index (κ3) is 11.3. The normalized spacial score (nSPS) is 22.5. The molecule has 322 valence electrons. The Kier molecular flexibility index (Phi) is 16.2. The summed E-state index contributed by atoms with van der Waals surface area (Å²) in [7, 11) is 0. The molecular weight excluding hydrogens is 774 g/mol. The molecule has 4 fully saturated rings. The molecule has 4 amide bonds. The molecule has 2 aromatic rings. The summed E-state index contributed by atoms with van der Waals surface area (Å²) >= 11 is 5.51. The van der Waals surface area contributed by atoms with Crippen LogP contribution in [0.5, 0.6) is 0 Å². The molecule has 0 radical (unpaired) electrons. The number of pyridine rings is 1. The number of anilines is 3. The van der Waals surface area contributed by atoms with Crippen molar-refractivity contribution < 1.29 is 41.7 Å². The Morgan fingerprint density at radius 2 is 1.79 bits per heavy atom. The first kappa shape index (κ1) is 46.0. The van der Waals surface area contributed by atoms with E-state index < -0.39 is 34.9 Å². The van der Waals surface area contributed by atoms with Gasteiger partial charge in [-0.1, -0.05) is 39.2 Å². The lowest BCUT2D eigenvalue weighted by Gasteiger charge is -2.39. The van der Waals surface area contributed by atoms with Gasteiger partial charge in [-0.25, -0.2) is 4.98 Å². The van der Waals surface area contributed by atoms with Gasteiger partial charge < -0.3 is 20.6 Å². The van der Waals surface area contributed by atoms with Crippen LogP contribution in [0, 0.1) is 17.2 Å². The van der Waals surface area contributed by atoms with E-state index in [1.165, 1.54) is 6.07 Å². The number of benzene rings is 1. The number of carbonyl (C=O) groups excluding carboxylic acids is 4. The van der Waals surface area contributed by atoms with Crippen LogP contribution >= 0.6 is 12.2 Å². The third-order valence-electron chi connectivity index (χ3n) is 10.9. The molecule has 0 bridgehead atoms. The molecule has 1 unspecified atom stereocenters. The summed E-state index contributed by atoms with van der Waals surface area (Å²) in [5.74, 6) is -0.504. The van der Waals surface area contributed by atoms with Gasteiger partial charge in [0.1, 0.15) is 17.6 Å². The maximum atomic E-state index is 13.3. The number of aliphatic hydroxyl groups excluding tert-OH is 1. The number of aliphatic hydroxyl groups is 1. The fourth-order valence-corrected chi connectivity index (χ4v) is 8.54. The molecule has 3 atom stereocenters. The zero-order valence-corrected chi connectivity index (χ0v) is 34.6. The third-order valence-corrected chi connectivity index (χ3v) is 11.3. The number of hydrogen-bond donors (Lipinski definition) is 4. The van der Waals surface area contributed by atoms with Crippen LogP contribution < -0.4 is 20.9 Å². The number of carbonyl (C=O) groups is 4. The van der Waals surface area contributed by atoms with Crippen LogP contribution in [0.15, 0.2) is 36.5 Å². The Hall–Kier alpha value is -4.66. The molecule has 4 N–H and O–H groups in total. The minimum absolute atomic E-state index is 0. The van der Waals surface area contributed by atoms with E-state index in [1.807, 2.05) is 36.9 Å². The summed E-state index contributed by atoms with van der Waals surface area (Å²) in [5, 5.41) is 26.6. The zero-order valence-electron chi connectivity index (χ0n) is 33.8. The van der Waals surface area contributed by atoms with Gasteiger partial charge in [-0.05, 0) is 108 Å². The number of halogens is 3. The van der Waals surface area contributed by atoms with Gasteiger partial charge in [0.15, 0.2) is 10.8 Å². The number of nitriles is 1. The Bertz CT molecular complexity index is 1870. The minimum Gasteiger partial charge on any atom is -0.396 e.